The molecular formula is C34H39N5O3. The van der Waals surface area contributed by atoms with Crippen LogP contribution in [0.1, 0.15) is 55.1 Å². The average Bonchev–Trinajstić information content (AvgIpc) is 2.97. The van der Waals surface area contributed by atoms with Gasteiger partial charge in [-0.3, -0.25) is 9.59 Å². The van der Waals surface area contributed by atoms with Gasteiger partial charge in [0.15, 0.2) is 5.82 Å². The van der Waals surface area contributed by atoms with Gasteiger partial charge in [0, 0.05) is 35.7 Å². The van der Waals surface area contributed by atoms with E-state index < -0.39 is 0 Å². The number of ether oxygens (including phenoxy) is 1. The first kappa shape index (κ1) is 29.1. The molecule has 0 saturated carbocycles. The van der Waals surface area contributed by atoms with E-state index in [4.69, 9.17) is 9.72 Å². The molecule has 0 spiro atoms. The number of nitrogens with zero attached hydrogens (tertiary/aromatic N) is 2. The van der Waals surface area contributed by atoms with Crippen LogP contribution in [0.4, 0.5) is 17.2 Å². The molecular weight excluding hydrogens is 526 g/mol. The van der Waals surface area contributed by atoms with Crippen molar-refractivity contribution in [3.63, 3.8) is 0 Å². The van der Waals surface area contributed by atoms with Crippen LogP contribution in [-0.2, 0) is 12.5 Å². The predicted molar refractivity (Wildman–Crippen MR) is 169 cm³/mol. The van der Waals surface area contributed by atoms with Crippen LogP contribution in [0.2, 0.25) is 0 Å². The standard InChI is InChI=1S/C34H39N5O3/c1-22-28(7-6-8-29(22)38-32(40)23-9-11-24(12-10-23)34(2,3)4)30-21-39(5)33(41)31(37-30)36-25-13-15-26(16-14-25)42-27-17-19-35-20-18-27/h6-16,21,27,35H,17-20H2,1-5H3,(H,36,37)(H,38,40). The molecule has 3 N–H and O–H groups in total. The van der Waals surface area contributed by atoms with Gasteiger partial charge in [0.1, 0.15) is 11.9 Å². The molecule has 5 rings (SSSR count). The highest BCUT2D eigenvalue weighted by molar-refractivity contribution is 6.05. The molecule has 8 heteroatoms. The Bertz CT molecular complexity index is 1610. The number of benzene rings is 3. The van der Waals surface area contributed by atoms with Gasteiger partial charge in [-0.15, -0.1) is 0 Å². The molecule has 1 fully saturated rings. The van der Waals surface area contributed by atoms with Gasteiger partial charge in [0.25, 0.3) is 11.5 Å². The lowest BCUT2D eigenvalue weighted by Gasteiger charge is -2.23. The summed E-state index contributed by atoms with van der Waals surface area (Å²) < 4.78 is 7.61. The summed E-state index contributed by atoms with van der Waals surface area (Å²) in [6.45, 7) is 10.3. The summed E-state index contributed by atoms with van der Waals surface area (Å²) in [6, 6.07) is 21.0. The lowest BCUT2D eigenvalue weighted by molar-refractivity contribution is 0.102. The van der Waals surface area contributed by atoms with Gasteiger partial charge < -0.3 is 25.3 Å². The summed E-state index contributed by atoms with van der Waals surface area (Å²) in [5.74, 6) is 0.843. The first-order chi connectivity index (χ1) is 20.1. The third-order valence-electron chi connectivity index (χ3n) is 7.65. The summed E-state index contributed by atoms with van der Waals surface area (Å²) >= 11 is 0. The molecule has 0 unspecified atom stereocenters. The Morgan fingerprint density at radius 3 is 2.36 bits per heavy atom. The second-order valence-electron chi connectivity index (χ2n) is 11.9. The molecule has 1 saturated heterocycles. The van der Waals surface area contributed by atoms with Crippen molar-refractivity contribution in [2.45, 2.75) is 52.1 Å². The molecule has 2 heterocycles. The van der Waals surface area contributed by atoms with Crippen molar-refractivity contribution in [1.82, 2.24) is 14.9 Å². The van der Waals surface area contributed by atoms with E-state index in [-0.39, 0.29) is 28.8 Å². The minimum atomic E-state index is -0.241. The maximum absolute atomic E-state index is 13.1. The number of hydrogen-bond donors (Lipinski definition) is 3. The number of hydrogen-bond acceptors (Lipinski definition) is 6. The van der Waals surface area contributed by atoms with Crippen molar-refractivity contribution < 1.29 is 9.53 Å². The van der Waals surface area contributed by atoms with Crippen LogP contribution in [0.15, 0.2) is 77.7 Å². The molecule has 3 aromatic carbocycles. The fourth-order valence-corrected chi connectivity index (χ4v) is 5.04. The van der Waals surface area contributed by atoms with Gasteiger partial charge in [0.2, 0.25) is 0 Å². The van der Waals surface area contributed by atoms with Crippen LogP contribution in [0.3, 0.4) is 0 Å². The first-order valence-electron chi connectivity index (χ1n) is 14.4. The van der Waals surface area contributed by atoms with Crippen molar-refractivity contribution in [3.05, 3.63) is 100.0 Å². The van der Waals surface area contributed by atoms with E-state index in [1.54, 1.807) is 13.2 Å². The molecule has 1 aliphatic rings. The zero-order valence-corrected chi connectivity index (χ0v) is 25.0. The van der Waals surface area contributed by atoms with Crippen LogP contribution >= 0.6 is 0 Å². The Hall–Kier alpha value is -4.43. The van der Waals surface area contributed by atoms with E-state index in [0.29, 0.717) is 16.9 Å². The van der Waals surface area contributed by atoms with Gasteiger partial charge in [-0.25, -0.2) is 4.98 Å². The van der Waals surface area contributed by atoms with Crippen molar-refractivity contribution in [2.75, 3.05) is 23.7 Å². The number of carbonyl (C=O) groups excluding carboxylic acids is 1. The van der Waals surface area contributed by atoms with Crippen molar-refractivity contribution >= 4 is 23.1 Å². The van der Waals surface area contributed by atoms with Gasteiger partial charge in [-0.1, -0.05) is 45.0 Å². The average molecular weight is 566 g/mol. The summed E-state index contributed by atoms with van der Waals surface area (Å²) in [4.78, 5) is 30.7. The smallest absolute Gasteiger partial charge is 0.293 e. The number of carbonyl (C=O) groups is 1. The Morgan fingerprint density at radius 1 is 1.00 bits per heavy atom. The molecule has 0 atom stereocenters. The largest absolute Gasteiger partial charge is 0.490 e. The lowest BCUT2D eigenvalue weighted by atomic mass is 9.86. The minimum Gasteiger partial charge on any atom is -0.490 e. The summed E-state index contributed by atoms with van der Waals surface area (Å²) in [5.41, 5.74) is 5.25. The minimum absolute atomic E-state index is 0.0148. The van der Waals surface area contributed by atoms with E-state index in [0.717, 1.165) is 48.5 Å². The maximum atomic E-state index is 13.1. The molecule has 1 amide bonds. The van der Waals surface area contributed by atoms with E-state index in [1.807, 2.05) is 73.7 Å². The van der Waals surface area contributed by atoms with E-state index in [1.165, 1.54) is 10.1 Å². The van der Waals surface area contributed by atoms with Crippen molar-refractivity contribution in [2.24, 2.45) is 7.05 Å². The quantitative estimate of drug-likeness (QED) is 0.248. The van der Waals surface area contributed by atoms with E-state index in [2.05, 4.69) is 36.7 Å². The lowest BCUT2D eigenvalue weighted by Crippen LogP contribution is -2.34. The summed E-state index contributed by atoms with van der Waals surface area (Å²) in [7, 11) is 1.71. The molecule has 8 nitrogen and oxygen atoms in total. The monoisotopic (exact) mass is 565 g/mol. The Morgan fingerprint density at radius 2 is 1.69 bits per heavy atom. The van der Waals surface area contributed by atoms with E-state index in [9.17, 15) is 9.59 Å². The topological polar surface area (TPSA) is 97.3 Å². The third kappa shape index (κ3) is 6.71. The van der Waals surface area contributed by atoms with E-state index >= 15 is 0 Å². The third-order valence-corrected chi connectivity index (χ3v) is 7.65. The Kier molecular flexibility index (Phi) is 8.45. The first-order valence-corrected chi connectivity index (χ1v) is 14.4. The van der Waals surface area contributed by atoms with Crippen LogP contribution in [0.5, 0.6) is 5.75 Å². The summed E-state index contributed by atoms with van der Waals surface area (Å²) in [6.07, 6.45) is 3.90. The van der Waals surface area contributed by atoms with Crippen molar-refractivity contribution in [1.29, 1.82) is 0 Å². The van der Waals surface area contributed by atoms with Crippen LogP contribution in [0, 0.1) is 6.92 Å². The number of piperidine rings is 1. The second kappa shape index (κ2) is 12.2. The van der Waals surface area contributed by atoms with Gasteiger partial charge in [0.05, 0.1) is 5.69 Å². The Labute approximate surface area is 247 Å². The molecule has 1 aromatic heterocycles. The fraction of sp³-hybridized carbons (Fsp3) is 0.324. The molecule has 0 aliphatic carbocycles. The highest BCUT2D eigenvalue weighted by Gasteiger charge is 2.17. The number of rotatable bonds is 7. The number of aromatic nitrogens is 2. The number of aryl methyl sites for hydroxylation is 1. The zero-order valence-electron chi connectivity index (χ0n) is 25.0. The number of amides is 1. The Balaban J connectivity index is 1.34. The van der Waals surface area contributed by atoms with Crippen molar-refractivity contribution in [3.8, 4) is 17.0 Å². The highest BCUT2D eigenvalue weighted by atomic mass is 16.5. The van der Waals surface area contributed by atoms with Gasteiger partial charge in [-0.2, -0.15) is 0 Å². The maximum Gasteiger partial charge on any atom is 0.293 e. The predicted octanol–water partition coefficient (Wildman–Crippen LogP) is 6.18. The van der Waals surface area contributed by atoms with Gasteiger partial charge in [-0.05, 0) is 91.9 Å². The molecule has 0 bridgehead atoms. The van der Waals surface area contributed by atoms with Crippen LogP contribution in [0.25, 0.3) is 11.3 Å². The molecule has 1 aliphatic heterocycles. The molecule has 4 aromatic rings. The zero-order chi connectivity index (χ0) is 29.9. The van der Waals surface area contributed by atoms with Crippen LogP contribution in [-0.4, -0.2) is 34.7 Å². The molecule has 0 radical (unpaired) electrons. The molecule has 218 valence electrons. The van der Waals surface area contributed by atoms with Gasteiger partial charge >= 0.3 is 0 Å². The highest BCUT2D eigenvalue weighted by Crippen LogP contribution is 2.29. The number of nitrogens with one attached hydrogen (secondary N) is 3. The summed E-state index contributed by atoms with van der Waals surface area (Å²) in [5, 5.41) is 9.56. The number of anilines is 3. The fourth-order valence-electron chi connectivity index (χ4n) is 5.04. The second-order valence-corrected chi connectivity index (χ2v) is 11.9. The molecule has 42 heavy (non-hydrogen) atoms. The van der Waals surface area contributed by atoms with Crippen LogP contribution < -0.4 is 26.2 Å². The normalized spacial score (nSPS) is 13.9. The SMILES string of the molecule is Cc1c(NC(=O)c2ccc(C(C)(C)C)cc2)cccc1-c1cn(C)c(=O)c(Nc2ccc(OC3CCNCC3)cc2)n1.